The Morgan fingerprint density at radius 2 is 1.25 bits per heavy atom. The Bertz CT molecular complexity index is 2620. The molecule has 18 heteroatoms. The fourth-order valence-electron chi connectivity index (χ4n) is 5.72. The van der Waals surface area contributed by atoms with Gasteiger partial charge >= 0.3 is 0 Å². The normalized spacial score (nSPS) is 11.2. The first-order chi connectivity index (χ1) is 29.4. The summed E-state index contributed by atoms with van der Waals surface area (Å²) in [4.78, 5) is 4.12. The molecule has 0 saturated heterocycles. The summed E-state index contributed by atoms with van der Waals surface area (Å²) in [6, 6.07) is 40.1. The lowest BCUT2D eigenvalue weighted by molar-refractivity contribution is 0.293. The molecule has 8 rings (SSSR count). The van der Waals surface area contributed by atoms with E-state index in [4.69, 9.17) is 31.2 Å². The van der Waals surface area contributed by atoms with Crippen molar-refractivity contribution in [3.05, 3.63) is 170 Å². The summed E-state index contributed by atoms with van der Waals surface area (Å²) in [6.45, 7) is 0.925. The smallest absolute Gasteiger partial charge is 0.215 e. The van der Waals surface area contributed by atoms with Gasteiger partial charge < -0.3 is 25.4 Å². The third-order valence-electron chi connectivity index (χ3n) is 8.66. The third-order valence-corrected chi connectivity index (χ3v) is 11.3. The average Bonchev–Trinajstić information content (AvgIpc) is 4.14. The molecule has 0 aliphatic carbocycles. The molecule has 0 aliphatic rings. The molecule has 0 fully saturated rings. The van der Waals surface area contributed by atoms with E-state index < -0.39 is 0 Å². The summed E-state index contributed by atoms with van der Waals surface area (Å²) >= 11 is 4.54. The molecular weight excluding hydrogens is 817 g/mol. The van der Waals surface area contributed by atoms with E-state index in [1.54, 1.807) is 11.3 Å². The van der Waals surface area contributed by atoms with E-state index >= 15 is 0 Å². The van der Waals surface area contributed by atoms with Gasteiger partial charge in [-0.25, -0.2) is 5.84 Å². The minimum absolute atomic E-state index is 0.273. The lowest BCUT2D eigenvalue weighted by atomic mass is 10.1. The average molecular weight is 855 g/mol. The quantitative estimate of drug-likeness (QED) is 0.0213. The Balaban J connectivity index is 0.911. The summed E-state index contributed by atoms with van der Waals surface area (Å²) in [5.74, 6) is 9.41. The van der Waals surface area contributed by atoms with Gasteiger partial charge in [0, 0.05) is 0 Å². The van der Waals surface area contributed by atoms with Gasteiger partial charge in [-0.1, -0.05) is 18.2 Å². The molecule has 0 spiro atoms. The first-order valence-corrected chi connectivity index (χ1v) is 21.0. The van der Waals surface area contributed by atoms with E-state index in [1.165, 1.54) is 32.6 Å². The predicted molar refractivity (Wildman–Crippen MR) is 238 cm³/mol. The van der Waals surface area contributed by atoms with Crippen LogP contribution in [0.5, 0.6) is 17.2 Å². The molecule has 60 heavy (non-hydrogen) atoms. The highest BCUT2D eigenvalue weighted by atomic mass is 32.1. The highest BCUT2D eigenvalue weighted by Gasteiger charge is 2.11. The van der Waals surface area contributed by atoms with Crippen LogP contribution in [0.4, 0.5) is 11.4 Å². The number of hydrogen-bond donors (Lipinski definition) is 6. The molecule has 0 atom stereocenters. The van der Waals surface area contributed by atoms with Crippen LogP contribution in [0, 0.1) is 5.41 Å². The number of hydrazone groups is 1. The Kier molecular flexibility index (Phi) is 12.7. The van der Waals surface area contributed by atoms with Gasteiger partial charge in [0.15, 0.2) is 11.7 Å². The number of hydrazine groups is 3. The van der Waals surface area contributed by atoms with Crippen molar-refractivity contribution < 1.29 is 14.2 Å². The summed E-state index contributed by atoms with van der Waals surface area (Å²) < 4.78 is 18.7. The van der Waals surface area contributed by atoms with Gasteiger partial charge in [0.05, 0.1) is 31.7 Å². The monoisotopic (exact) mass is 854 g/mol. The van der Waals surface area contributed by atoms with Gasteiger partial charge in [0.1, 0.15) is 37.1 Å². The number of rotatable bonds is 18. The fraction of sp³-hybridized carbons (Fsp3) is 0.0714. The highest BCUT2D eigenvalue weighted by Crippen LogP contribution is 2.24. The maximum absolute atomic E-state index is 8.11. The van der Waals surface area contributed by atoms with Gasteiger partial charge in [-0.3, -0.25) is 10.8 Å². The van der Waals surface area contributed by atoms with Crippen LogP contribution in [0.1, 0.15) is 26.4 Å². The Hall–Kier alpha value is -7.09. The number of tetrazole rings is 1. The van der Waals surface area contributed by atoms with Crippen molar-refractivity contribution in [3.63, 3.8) is 0 Å². The largest absolute Gasteiger partial charge is 0.489 e. The van der Waals surface area contributed by atoms with Gasteiger partial charge in [-0.05, 0) is 147 Å². The number of nitrogens with zero attached hydrogens (tertiary/aromatic N) is 6. The summed E-state index contributed by atoms with van der Waals surface area (Å²) in [5, 5.41) is 32.4. The van der Waals surface area contributed by atoms with Crippen LogP contribution in [0.15, 0.2) is 149 Å². The zero-order valence-electron chi connectivity index (χ0n) is 31.8. The Morgan fingerprint density at radius 3 is 1.82 bits per heavy atom. The molecule has 4 aromatic heterocycles. The molecule has 8 aromatic rings. The van der Waals surface area contributed by atoms with Crippen LogP contribution in [-0.4, -0.2) is 31.9 Å². The van der Waals surface area contributed by atoms with E-state index in [0.29, 0.717) is 54.4 Å². The molecule has 0 aliphatic heterocycles. The van der Waals surface area contributed by atoms with Crippen molar-refractivity contribution in [2.45, 2.75) is 19.8 Å². The topological polar surface area (TPSA) is 199 Å². The number of benzene rings is 4. The minimum Gasteiger partial charge on any atom is -0.489 e. The second kappa shape index (κ2) is 19.1. The second-order valence-corrected chi connectivity index (χ2v) is 15.8. The van der Waals surface area contributed by atoms with Crippen molar-refractivity contribution in [2.24, 2.45) is 16.7 Å². The first kappa shape index (κ1) is 39.7. The van der Waals surface area contributed by atoms with Crippen molar-refractivity contribution in [1.82, 2.24) is 31.2 Å². The first-order valence-electron chi connectivity index (χ1n) is 18.4. The molecule has 0 amide bonds. The molecule has 4 aromatic carbocycles. The number of hydrogen-bond acceptors (Lipinski definition) is 15. The lowest BCUT2D eigenvalue weighted by Crippen LogP contribution is -2.40. The minimum atomic E-state index is 0.273. The molecule has 4 heterocycles. The standard InChI is InChI=1S/C42H38N12O3S3/c43-40(37-4-1-19-58-37)47-51-46-31-7-13-34(14-8-31)55-25-28-22-29(26-56-35-15-9-32(10-16-35)53(45)49-41(44)38-5-2-20-59-38)24-30(23-28)27-57-36-17-11-33(12-18-36)54-50-42(48-52-54)39-6-3-21-60-39/h1-24,46,51H,25-27,45H2,(H2,43,47)(H2,44,49). The molecular formula is C42H38N12O3S3. The van der Waals surface area contributed by atoms with Crippen molar-refractivity contribution in [1.29, 1.82) is 5.41 Å². The molecule has 0 unspecified atom stereocenters. The highest BCUT2D eigenvalue weighted by molar-refractivity contribution is 7.13. The zero-order chi connectivity index (χ0) is 41.1. The van der Waals surface area contributed by atoms with Crippen LogP contribution in [0.3, 0.4) is 0 Å². The number of anilines is 2. The van der Waals surface area contributed by atoms with Crippen molar-refractivity contribution in [2.75, 3.05) is 10.5 Å². The van der Waals surface area contributed by atoms with Gasteiger partial charge in [0.25, 0.3) is 0 Å². The maximum atomic E-state index is 8.11. The van der Waals surface area contributed by atoms with Crippen LogP contribution in [0.25, 0.3) is 16.4 Å². The van der Waals surface area contributed by atoms with E-state index in [2.05, 4.69) is 55.1 Å². The number of thiophene rings is 3. The summed E-state index contributed by atoms with van der Waals surface area (Å²) in [5.41, 5.74) is 19.9. The number of aromatic nitrogens is 4. The maximum Gasteiger partial charge on any atom is 0.215 e. The fourth-order valence-corrected chi connectivity index (χ4v) is 7.62. The van der Waals surface area contributed by atoms with Crippen LogP contribution < -0.4 is 47.3 Å². The van der Waals surface area contributed by atoms with E-state index in [0.717, 1.165) is 42.7 Å². The Labute approximate surface area is 356 Å². The molecule has 0 radical (unpaired) electrons. The number of ether oxygens (including phenoxy) is 3. The van der Waals surface area contributed by atoms with E-state index in [9.17, 15) is 0 Å². The molecule has 0 bridgehead atoms. The Morgan fingerprint density at radius 1 is 0.700 bits per heavy atom. The van der Waals surface area contributed by atoms with Crippen molar-refractivity contribution in [3.8, 4) is 33.6 Å². The van der Waals surface area contributed by atoms with E-state index in [-0.39, 0.29) is 5.84 Å². The summed E-state index contributed by atoms with van der Waals surface area (Å²) in [7, 11) is 0. The third kappa shape index (κ3) is 10.5. The molecule has 0 saturated carbocycles. The number of nitrogens with one attached hydrogen (secondary N) is 4. The SMILES string of the molecule is N=C(NNNc1ccc(OCc2cc(COc3ccc(N(N)/N=C(\N)c4cccs4)cc3)cc(COc3ccc(-n4nnc(-c5cccs5)n4)cc3)c2)cc1)c1cccs1. The van der Waals surface area contributed by atoms with Gasteiger partial charge in [0.2, 0.25) is 5.82 Å². The molecule has 302 valence electrons. The molecule has 15 nitrogen and oxygen atoms in total. The van der Waals surface area contributed by atoms with E-state index in [1.807, 2.05) is 125 Å². The zero-order valence-corrected chi connectivity index (χ0v) is 34.2. The lowest BCUT2D eigenvalue weighted by Gasteiger charge is -2.15. The van der Waals surface area contributed by atoms with Gasteiger partial charge in [-0.15, -0.1) is 59.6 Å². The molecule has 8 N–H and O–H groups in total. The second-order valence-electron chi connectivity index (χ2n) is 13.0. The summed E-state index contributed by atoms with van der Waals surface area (Å²) in [6.07, 6.45) is 0. The van der Waals surface area contributed by atoms with Gasteiger partial charge in [-0.2, -0.15) is 5.12 Å². The van der Waals surface area contributed by atoms with Crippen LogP contribution in [0.2, 0.25) is 0 Å². The predicted octanol–water partition coefficient (Wildman–Crippen LogP) is 7.70. The number of nitrogens with two attached hydrogens (primary N) is 2. The van der Waals surface area contributed by atoms with Crippen LogP contribution in [-0.2, 0) is 19.8 Å². The van der Waals surface area contributed by atoms with Crippen LogP contribution >= 0.6 is 34.0 Å². The number of amidine groups is 2. The van der Waals surface area contributed by atoms with Crippen molar-refractivity contribution >= 4 is 57.1 Å².